The number of anilines is 1. The van der Waals surface area contributed by atoms with Crippen LogP contribution in [0.15, 0.2) is 51.9 Å². The van der Waals surface area contributed by atoms with Gasteiger partial charge in [0.1, 0.15) is 5.76 Å². The van der Waals surface area contributed by atoms with Gasteiger partial charge in [-0.1, -0.05) is 17.3 Å². The van der Waals surface area contributed by atoms with E-state index in [9.17, 15) is 22.8 Å². The first-order chi connectivity index (χ1) is 14.3. The van der Waals surface area contributed by atoms with E-state index in [0.717, 1.165) is 11.8 Å². The number of benzene rings is 2. The minimum Gasteiger partial charge on any atom is -0.360 e. The van der Waals surface area contributed by atoms with Gasteiger partial charge in [-0.3, -0.25) is 9.59 Å². The topological polar surface area (TPSA) is 84.2 Å². The number of rotatable bonds is 7. The maximum absolute atomic E-state index is 13.6. The zero-order chi connectivity index (χ0) is 21.7. The minimum absolute atomic E-state index is 0.338. The van der Waals surface area contributed by atoms with Crippen LogP contribution < -0.4 is 10.6 Å². The number of nitrogens with one attached hydrogen (secondary N) is 2. The molecule has 0 aliphatic rings. The highest BCUT2D eigenvalue weighted by Gasteiger charge is 2.17. The average Bonchev–Trinajstić information content (AvgIpc) is 3.16. The Bertz CT molecular complexity index is 1090. The number of hydrogen-bond donors (Lipinski definition) is 2. The van der Waals surface area contributed by atoms with Crippen LogP contribution in [0, 0.1) is 24.4 Å². The highest BCUT2D eigenvalue weighted by Crippen LogP contribution is 2.26. The molecule has 2 amide bonds. The van der Waals surface area contributed by atoms with Gasteiger partial charge in [-0.15, -0.1) is 11.8 Å². The summed E-state index contributed by atoms with van der Waals surface area (Å²) in [7, 11) is 0. The summed E-state index contributed by atoms with van der Waals surface area (Å²) >= 11 is 1.36. The Kier molecular flexibility index (Phi) is 6.78. The number of thioether (sulfide) groups is 1. The molecule has 156 valence electrons. The lowest BCUT2D eigenvalue weighted by Gasteiger charge is -2.10. The van der Waals surface area contributed by atoms with Crippen LogP contribution in [0.25, 0.3) is 0 Å². The fraction of sp³-hybridized carbons (Fsp3) is 0.150. The third-order valence-corrected chi connectivity index (χ3v) is 4.99. The predicted octanol–water partition coefficient (Wildman–Crippen LogP) is 4.06. The van der Waals surface area contributed by atoms with E-state index >= 15 is 0 Å². The first kappa shape index (κ1) is 21.4. The average molecular weight is 435 g/mol. The van der Waals surface area contributed by atoms with Gasteiger partial charge in [0.2, 0.25) is 5.91 Å². The van der Waals surface area contributed by atoms with Crippen molar-refractivity contribution in [2.45, 2.75) is 17.6 Å². The molecule has 0 bridgehead atoms. The smallest absolute Gasteiger partial charge is 0.252 e. The summed E-state index contributed by atoms with van der Waals surface area (Å²) in [6.07, 6.45) is 0. The van der Waals surface area contributed by atoms with Crippen molar-refractivity contribution < 1.29 is 27.3 Å². The van der Waals surface area contributed by atoms with Gasteiger partial charge in [0.05, 0.1) is 29.2 Å². The van der Waals surface area contributed by atoms with Crippen molar-refractivity contribution in [1.82, 2.24) is 10.5 Å². The molecule has 3 rings (SSSR count). The quantitative estimate of drug-likeness (QED) is 0.432. The van der Waals surface area contributed by atoms with Crippen molar-refractivity contribution in [3.8, 4) is 0 Å². The highest BCUT2D eigenvalue weighted by atomic mass is 32.2. The largest absolute Gasteiger partial charge is 0.360 e. The molecule has 0 atom stereocenters. The maximum atomic E-state index is 13.6. The minimum atomic E-state index is -1.69. The molecule has 2 aromatic carbocycles. The van der Waals surface area contributed by atoms with Crippen molar-refractivity contribution in [1.29, 1.82) is 0 Å². The van der Waals surface area contributed by atoms with E-state index in [1.54, 1.807) is 37.3 Å². The van der Waals surface area contributed by atoms with Crippen molar-refractivity contribution in [3.05, 3.63) is 76.9 Å². The Morgan fingerprint density at radius 3 is 2.60 bits per heavy atom. The zero-order valence-corrected chi connectivity index (χ0v) is 16.5. The van der Waals surface area contributed by atoms with Crippen LogP contribution >= 0.6 is 11.8 Å². The fourth-order valence-electron chi connectivity index (χ4n) is 2.49. The summed E-state index contributed by atoms with van der Waals surface area (Å²) in [6, 6.07) is 10.2. The van der Waals surface area contributed by atoms with E-state index in [4.69, 9.17) is 4.52 Å². The van der Waals surface area contributed by atoms with E-state index in [2.05, 4.69) is 15.8 Å². The lowest BCUT2D eigenvalue weighted by atomic mass is 10.2. The van der Waals surface area contributed by atoms with Gasteiger partial charge >= 0.3 is 0 Å². The molecule has 30 heavy (non-hydrogen) atoms. The fourth-order valence-corrected chi connectivity index (χ4v) is 3.41. The van der Waals surface area contributed by atoms with Gasteiger partial charge in [-0.05, 0) is 31.2 Å². The molecule has 0 radical (unpaired) electrons. The summed E-state index contributed by atoms with van der Waals surface area (Å²) in [5.41, 5.74) is 0.567. The molecule has 10 heteroatoms. The van der Waals surface area contributed by atoms with Gasteiger partial charge in [0, 0.05) is 11.0 Å². The first-order valence-electron chi connectivity index (χ1n) is 8.70. The summed E-state index contributed by atoms with van der Waals surface area (Å²) in [5, 5.41) is 8.31. The highest BCUT2D eigenvalue weighted by molar-refractivity contribution is 7.98. The van der Waals surface area contributed by atoms with Crippen LogP contribution in [0.3, 0.4) is 0 Å². The molecule has 0 saturated carbocycles. The van der Waals surface area contributed by atoms with Crippen molar-refractivity contribution in [2.75, 3.05) is 11.9 Å². The number of aryl methyl sites for hydroxylation is 1. The molecule has 6 nitrogen and oxygen atoms in total. The van der Waals surface area contributed by atoms with Crippen LogP contribution in [0.2, 0.25) is 0 Å². The van der Waals surface area contributed by atoms with Crippen molar-refractivity contribution in [3.63, 3.8) is 0 Å². The van der Waals surface area contributed by atoms with Crippen LogP contribution in [-0.2, 0) is 10.5 Å². The van der Waals surface area contributed by atoms with Crippen LogP contribution in [-0.4, -0.2) is 23.5 Å². The second kappa shape index (κ2) is 9.49. The first-order valence-corrected chi connectivity index (χ1v) is 9.69. The van der Waals surface area contributed by atoms with E-state index < -0.39 is 41.5 Å². The van der Waals surface area contributed by atoms with Crippen LogP contribution in [0.1, 0.15) is 21.8 Å². The second-order valence-corrected chi connectivity index (χ2v) is 7.19. The summed E-state index contributed by atoms with van der Waals surface area (Å²) < 4.78 is 45.0. The van der Waals surface area contributed by atoms with Gasteiger partial charge in [-0.25, -0.2) is 13.2 Å². The van der Waals surface area contributed by atoms with E-state index in [1.165, 1.54) is 11.8 Å². The maximum Gasteiger partial charge on any atom is 0.252 e. The third-order valence-electron chi connectivity index (χ3n) is 3.90. The summed E-state index contributed by atoms with van der Waals surface area (Å²) in [5.74, 6) is -4.78. The summed E-state index contributed by atoms with van der Waals surface area (Å²) in [6.45, 7) is 1.31. The molecule has 1 aromatic heterocycles. The SMILES string of the molecule is Cc1cc(CSc2ccccc2C(=O)NCC(=O)Nc2ccc(F)c(F)c2F)on1. The van der Waals surface area contributed by atoms with E-state index in [0.29, 0.717) is 28.0 Å². The second-order valence-electron chi connectivity index (χ2n) is 6.17. The number of amides is 2. The van der Waals surface area contributed by atoms with Crippen molar-refractivity contribution in [2.24, 2.45) is 0 Å². The standard InChI is InChI=1S/C20H16F3N3O3S/c1-11-8-12(29-26-11)10-30-16-5-3-2-4-13(16)20(28)24-9-17(27)25-15-7-6-14(21)18(22)19(15)23/h2-8H,9-10H2,1H3,(H,24,28)(H,25,27). The third kappa shape index (κ3) is 5.20. The monoisotopic (exact) mass is 435 g/mol. The van der Waals surface area contributed by atoms with Gasteiger partial charge < -0.3 is 15.2 Å². The number of aromatic nitrogens is 1. The molecule has 1 heterocycles. The Morgan fingerprint density at radius 2 is 1.87 bits per heavy atom. The number of carbonyl (C=O) groups excluding carboxylic acids is 2. The Hall–Kier alpha value is -3.27. The van der Waals surface area contributed by atoms with Gasteiger partial charge in [-0.2, -0.15) is 0 Å². The van der Waals surface area contributed by atoms with Gasteiger partial charge in [0.25, 0.3) is 5.91 Å². The van der Waals surface area contributed by atoms with Crippen LogP contribution in [0.4, 0.5) is 18.9 Å². The molecule has 2 N–H and O–H groups in total. The number of nitrogens with zero attached hydrogens (tertiary/aromatic N) is 1. The Balaban J connectivity index is 1.59. The zero-order valence-electron chi connectivity index (χ0n) is 15.7. The lowest BCUT2D eigenvalue weighted by Crippen LogP contribution is -2.33. The predicted molar refractivity (Wildman–Crippen MR) is 105 cm³/mol. The summed E-state index contributed by atoms with van der Waals surface area (Å²) in [4.78, 5) is 25.1. The van der Waals surface area contributed by atoms with E-state index in [1.807, 2.05) is 0 Å². The van der Waals surface area contributed by atoms with Crippen LogP contribution in [0.5, 0.6) is 0 Å². The number of carbonyl (C=O) groups is 2. The molecular weight excluding hydrogens is 419 g/mol. The van der Waals surface area contributed by atoms with E-state index in [-0.39, 0.29) is 0 Å². The molecular formula is C20H16F3N3O3S. The molecule has 0 aliphatic carbocycles. The van der Waals surface area contributed by atoms with Crippen molar-refractivity contribution >= 4 is 29.3 Å². The molecule has 0 aliphatic heterocycles. The number of hydrogen-bond acceptors (Lipinski definition) is 5. The molecule has 3 aromatic rings. The molecule has 0 unspecified atom stereocenters. The molecule has 0 saturated heterocycles. The number of halogens is 3. The van der Waals surface area contributed by atoms with Gasteiger partial charge in [0.15, 0.2) is 17.5 Å². The Labute approximate surface area is 173 Å². The normalized spacial score (nSPS) is 10.7. The Morgan fingerprint density at radius 1 is 1.10 bits per heavy atom. The molecule has 0 fully saturated rings. The molecule has 0 spiro atoms. The lowest BCUT2D eigenvalue weighted by molar-refractivity contribution is -0.115.